The predicted molar refractivity (Wildman–Crippen MR) is 108 cm³/mol. The van der Waals surface area contributed by atoms with Gasteiger partial charge in [-0.1, -0.05) is 18.2 Å². The number of fused-ring (bicyclic) bond motifs is 1. The van der Waals surface area contributed by atoms with Gasteiger partial charge in [0.15, 0.2) is 11.5 Å². The molecule has 0 unspecified atom stereocenters. The Bertz CT molecular complexity index is 950. The molecule has 3 heterocycles. The number of para-hydroxylation sites is 1. The summed E-state index contributed by atoms with van der Waals surface area (Å²) >= 11 is 3.10. The van der Waals surface area contributed by atoms with E-state index in [1.165, 1.54) is 11.3 Å². The molecule has 3 aromatic rings. The second-order valence-corrected chi connectivity index (χ2v) is 8.12. The SMILES string of the molecule is CCN(Cc1cccc2c1OCCO2)C(=O)c1sc(-c2cccs2)nc1C. The van der Waals surface area contributed by atoms with Gasteiger partial charge >= 0.3 is 0 Å². The van der Waals surface area contributed by atoms with Gasteiger partial charge in [-0.25, -0.2) is 4.98 Å². The summed E-state index contributed by atoms with van der Waals surface area (Å²) in [4.78, 5) is 21.4. The third kappa shape index (κ3) is 3.57. The van der Waals surface area contributed by atoms with E-state index in [9.17, 15) is 4.79 Å². The Morgan fingerprint density at radius 2 is 2.07 bits per heavy atom. The summed E-state index contributed by atoms with van der Waals surface area (Å²) in [6.45, 7) is 6.06. The Morgan fingerprint density at radius 3 is 2.85 bits per heavy atom. The van der Waals surface area contributed by atoms with Crippen LogP contribution in [-0.2, 0) is 6.54 Å². The minimum atomic E-state index is 0.00429. The number of amides is 1. The summed E-state index contributed by atoms with van der Waals surface area (Å²) in [6, 6.07) is 9.85. The fraction of sp³-hybridized carbons (Fsp3) is 0.300. The molecule has 1 aromatic carbocycles. The second-order valence-electron chi connectivity index (χ2n) is 6.17. The standard InChI is InChI=1S/C20H20N2O3S2/c1-3-22(12-14-6-4-7-15-17(14)25-10-9-24-15)20(23)18-13(2)21-19(27-18)16-8-5-11-26-16/h4-8,11H,3,9-10,12H2,1-2H3. The van der Waals surface area contributed by atoms with Crippen molar-refractivity contribution in [1.82, 2.24) is 9.88 Å². The van der Waals surface area contributed by atoms with Crippen LogP contribution in [0.25, 0.3) is 9.88 Å². The molecule has 5 nitrogen and oxygen atoms in total. The molecular formula is C20H20N2O3S2. The third-order valence-corrected chi connectivity index (χ3v) is 6.59. The summed E-state index contributed by atoms with van der Waals surface area (Å²) in [7, 11) is 0. The molecule has 1 aliphatic heterocycles. The van der Waals surface area contributed by atoms with Gasteiger partial charge in [0.05, 0.1) is 10.6 Å². The van der Waals surface area contributed by atoms with Crippen molar-refractivity contribution in [3.8, 4) is 21.4 Å². The van der Waals surface area contributed by atoms with Gasteiger partial charge in [0.25, 0.3) is 5.91 Å². The molecule has 0 saturated carbocycles. The number of hydrogen-bond donors (Lipinski definition) is 0. The van der Waals surface area contributed by atoms with Crippen LogP contribution >= 0.6 is 22.7 Å². The molecule has 0 radical (unpaired) electrons. The number of aryl methyl sites for hydroxylation is 1. The van der Waals surface area contributed by atoms with Crippen LogP contribution in [0.3, 0.4) is 0 Å². The highest BCUT2D eigenvalue weighted by Crippen LogP contribution is 2.35. The summed E-state index contributed by atoms with van der Waals surface area (Å²) < 4.78 is 11.4. The maximum Gasteiger partial charge on any atom is 0.266 e. The molecule has 0 bridgehead atoms. The number of benzene rings is 1. The maximum atomic E-state index is 13.2. The first kappa shape index (κ1) is 18.0. The zero-order valence-corrected chi connectivity index (χ0v) is 16.9. The van der Waals surface area contributed by atoms with Crippen LogP contribution in [-0.4, -0.2) is 35.5 Å². The molecule has 7 heteroatoms. The second kappa shape index (κ2) is 7.70. The zero-order chi connectivity index (χ0) is 18.8. The van der Waals surface area contributed by atoms with Gasteiger partial charge in [0, 0.05) is 18.7 Å². The Labute approximate surface area is 166 Å². The number of nitrogens with zero attached hydrogens (tertiary/aromatic N) is 2. The molecular weight excluding hydrogens is 380 g/mol. The van der Waals surface area contributed by atoms with E-state index in [-0.39, 0.29) is 5.91 Å². The van der Waals surface area contributed by atoms with Gasteiger partial charge in [-0.3, -0.25) is 4.79 Å². The minimum absolute atomic E-state index is 0.00429. The first-order valence-electron chi connectivity index (χ1n) is 8.85. The van der Waals surface area contributed by atoms with Crippen molar-refractivity contribution >= 4 is 28.6 Å². The van der Waals surface area contributed by atoms with Crippen LogP contribution in [0.15, 0.2) is 35.7 Å². The number of hydrogen-bond acceptors (Lipinski definition) is 6. The summed E-state index contributed by atoms with van der Waals surface area (Å²) in [5, 5.41) is 2.92. The first-order valence-corrected chi connectivity index (χ1v) is 10.5. The average Bonchev–Trinajstić information content (AvgIpc) is 3.35. The van der Waals surface area contributed by atoms with Gasteiger partial charge < -0.3 is 14.4 Å². The van der Waals surface area contributed by atoms with Crippen molar-refractivity contribution < 1.29 is 14.3 Å². The lowest BCUT2D eigenvalue weighted by molar-refractivity contribution is 0.0753. The van der Waals surface area contributed by atoms with E-state index in [4.69, 9.17) is 9.47 Å². The number of ether oxygens (including phenoxy) is 2. The van der Waals surface area contributed by atoms with Gasteiger partial charge in [-0.2, -0.15) is 0 Å². The number of thiophene rings is 1. The molecule has 1 amide bonds. The van der Waals surface area contributed by atoms with E-state index in [0.29, 0.717) is 31.2 Å². The largest absolute Gasteiger partial charge is 0.486 e. The van der Waals surface area contributed by atoms with Gasteiger partial charge in [0.1, 0.15) is 23.1 Å². The summed E-state index contributed by atoms with van der Waals surface area (Å²) in [6.07, 6.45) is 0. The fourth-order valence-electron chi connectivity index (χ4n) is 3.04. The van der Waals surface area contributed by atoms with Crippen molar-refractivity contribution in [3.63, 3.8) is 0 Å². The summed E-state index contributed by atoms with van der Waals surface area (Å²) in [5.41, 5.74) is 1.74. The molecule has 4 rings (SSSR count). The lowest BCUT2D eigenvalue weighted by Gasteiger charge is -2.25. The Balaban J connectivity index is 1.59. The molecule has 0 N–H and O–H groups in total. The van der Waals surface area contributed by atoms with Gasteiger partial charge in [-0.15, -0.1) is 22.7 Å². The van der Waals surface area contributed by atoms with E-state index in [1.807, 2.05) is 54.5 Å². The van der Waals surface area contributed by atoms with Crippen LogP contribution in [0.5, 0.6) is 11.5 Å². The molecule has 140 valence electrons. The third-order valence-electron chi connectivity index (χ3n) is 4.40. The highest BCUT2D eigenvalue weighted by Gasteiger charge is 2.24. The monoisotopic (exact) mass is 400 g/mol. The number of aromatic nitrogens is 1. The number of carbonyl (C=O) groups excluding carboxylic acids is 1. The molecule has 0 aliphatic carbocycles. The minimum Gasteiger partial charge on any atom is -0.486 e. The highest BCUT2D eigenvalue weighted by molar-refractivity contribution is 7.22. The van der Waals surface area contributed by atoms with Crippen LogP contribution < -0.4 is 9.47 Å². The van der Waals surface area contributed by atoms with Crippen molar-refractivity contribution in [3.05, 3.63) is 51.8 Å². The quantitative estimate of drug-likeness (QED) is 0.627. The van der Waals surface area contributed by atoms with Crippen LogP contribution in [0.4, 0.5) is 0 Å². The Hall–Kier alpha value is -2.38. The highest BCUT2D eigenvalue weighted by atomic mass is 32.1. The topological polar surface area (TPSA) is 51.7 Å². The fourth-order valence-corrected chi connectivity index (χ4v) is 4.87. The van der Waals surface area contributed by atoms with E-state index in [2.05, 4.69) is 4.98 Å². The van der Waals surface area contributed by atoms with Gasteiger partial charge in [-0.05, 0) is 31.4 Å². The molecule has 0 spiro atoms. The zero-order valence-electron chi connectivity index (χ0n) is 15.2. The van der Waals surface area contributed by atoms with Crippen LogP contribution in [0.1, 0.15) is 27.9 Å². The molecule has 27 heavy (non-hydrogen) atoms. The lowest BCUT2D eigenvalue weighted by atomic mass is 10.1. The molecule has 2 aromatic heterocycles. The molecule has 0 saturated heterocycles. The number of carbonyl (C=O) groups is 1. The molecule has 1 aliphatic rings. The molecule has 0 atom stereocenters. The number of thiazole rings is 1. The van der Waals surface area contributed by atoms with E-state index >= 15 is 0 Å². The smallest absolute Gasteiger partial charge is 0.266 e. The van der Waals surface area contributed by atoms with Crippen molar-refractivity contribution in [2.24, 2.45) is 0 Å². The van der Waals surface area contributed by atoms with Crippen LogP contribution in [0, 0.1) is 6.92 Å². The Kier molecular flexibility index (Phi) is 5.13. The van der Waals surface area contributed by atoms with Crippen molar-refractivity contribution in [2.75, 3.05) is 19.8 Å². The first-order chi connectivity index (χ1) is 13.2. The lowest BCUT2D eigenvalue weighted by Crippen LogP contribution is -2.30. The van der Waals surface area contributed by atoms with E-state index in [1.54, 1.807) is 11.3 Å². The van der Waals surface area contributed by atoms with Gasteiger partial charge in [0.2, 0.25) is 0 Å². The van der Waals surface area contributed by atoms with E-state index in [0.717, 1.165) is 32.6 Å². The predicted octanol–water partition coefficient (Wildman–Crippen LogP) is 4.61. The van der Waals surface area contributed by atoms with Crippen molar-refractivity contribution in [1.29, 1.82) is 0 Å². The summed E-state index contributed by atoms with van der Waals surface area (Å²) in [5.74, 6) is 1.50. The number of rotatable bonds is 5. The average molecular weight is 401 g/mol. The van der Waals surface area contributed by atoms with Crippen molar-refractivity contribution in [2.45, 2.75) is 20.4 Å². The van der Waals surface area contributed by atoms with E-state index < -0.39 is 0 Å². The normalized spacial score (nSPS) is 12.8. The maximum absolute atomic E-state index is 13.2. The van der Waals surface area contributed by atoms with Crippen LogP contribution in [0.2, 0.25) is 0 Å². The molecule has 0 fully saturated rings. The Morgan fingerprint density at radius 1 is 1.22 bits per heavy atom.